The maximum atomic E-state index is 13.4. The number of hydrogen-bond donors (Lipinski definition) is 1. The third-order valence-corrected chi connectivity index (χ3v) is 7.25. The van der Waals surface area contributed by atoms with Crippen molar-refractivity contribution in [1.29, 1.82) is 0 Å². The van der Waals surface area contributed by atoms with E-state index in [9.17, 15) is 13.2 Å². The van der Waals surface area contributed by atoms with Crippen LogP contribution in [-0.4, -0.2) is 30.0 Å². The molecule has 0 spiro atoms. The van der Waals surface area contributed by atoms with Crippen LogP contribution < -0.4 is 10.2 Å². The molecule has 0 aliphatic heterocycles. The number of carbonyl (C=O) groups is 1. The van der Waals surface area contributed by atoms with Crippen LogP contribution in [-0.2, 0) is 22.9 Å². The molecule has 10 heteroatoms. The molecule has 0 atom stereocenters. The van der Waals surface area contributed by atoms with Gasteiger partial charge in [0.1, 0.15) is 5.76 Å². The number of benzene rings is 2. The summed E-state index contributed by atoms with van der Waals surface area (Å²) in [6, 6.07) is 18.2. The lowest BCUT2D eigenvalue weighted by atomic mass is 10.1. The minimum absolute atomic E-state index is 0.0573. The van der Waals surface area contributed by atoms with Crippen LogP contribution in [0.2, 0.25) is 5.02 Å². The van der Waals surface area contributed by atoms with Crippen LogP contribution in [0.3, 0.4) is 0 Å². The number of aromatic nitrogens is 2. The number of rotatable bonds is 9. The number of nitrogens with one attached hydrogen (secondary N) is 1. The zero-order valence-electron chi connectivity index (χ0n) is 19.8. The molecule has 0 aliphatic carbocycles. The first-order valence-electron chi connectivity index (χ1n) is 11.2. The fourth-order valence-corrected chi connectivity index (χ4v) is 4.32. The lowest BCUT2D eigenvalue weighted by molar-refractivity contribution is 0.102. The van der Waals surface area contributed by atoms with Gasteiger partial charge < -0.3 is 14.6 Å². The second kappa shape index (κ2) is 10.9. The zero-order chi connectivity index (χ0) is 25.7. The summed E-state index contributed by atoms with van der Waals surface area (Å²) in [5, 5.41) is 3.02. The molecule has 1 N–H and O–H groups in total. The standard InChI is InChI=1S/C26H25ClN4O4S/c1-3-36(33,34)26-28-15-23(24(30-26)25(32)29-21-12-6-18(2)7-13-21)31(17-22-5-4-14-35-22)16-19-8-10-20(27)11-9-19/h4-15H,3,16-17H2,1-2H3,(H,29,32). The Hall–Kier alpha value is -3.69. The van der Waals surface area contributed by atoms with Gasteiger partial charge >= 0.3 is 0 Å². The Kier molecular flexibility index (Phi) is 7.71. The number of furan rings is 1. The molecular weight excluding hydrogens is 500 g/mol. The van der Waals surface area contributed by atoms with Crippen molar-refractivity contribution in [3.05, 3.63) is 101 Å². The third kappa shape index (κ3) is 6.10. The molecule has 8 nitrogen and oxygen atoms in total. The molecule has 36 heavy (non-hydrogen) atoms. The second-order valence-electron chi connectivity index (χ2n) is 8.17. The summed E-state index contributed by atoms with van der Waals surface area (Å²) in [5.74, 6) is -0.0878. The monoisotopic (exact) mass is 524 g/mol. The average Bonchev–Trinajstić information content (AvgIpc) is 3.39. The van der Waals surface area contributed by atoms with Gasteiger partial charge in [0.05, 0.1) is 30.4 Å². The van der Waals surface area contributed by atoms with Gasteiger partial charge in [-0.05, 0) is 48.9 Å². The van der Waals surface area contributed by atoms with Crippen molar-refractivity contribution in [1.82, 2.24) is 9.97 Å². The van der Waals surface area contributed by atoms with Crippen LogP contribution in [0.15, 0.2) is 82.7 Å². The predicted octanol–water partition coefficient (Wildman–Crippen LogP) is 5.28. The second-order valence-corrected chi connectivity index (χ2v) is 10.8. The SMILES string of the molecule is CCS(=O)(=O)c1ncc(N(Cc2ccc(Cl)cc2)Cc2ccco2)c(C(=O)Nc2ccc(C)cc2)n1. The maximum Gasteiger partial charge on any atom is 0.276 e. The molecule has 0 bridgehead atoms. The number of halogens is 1. The third-order valence-electron chi connectivity index (χ3n) is 5.48. The van der Waals surface area contributed by atoms with E-state index in [0.717, 1.165) is 11.1 Å². The Labute approximate surface area is 214 Å². The summed E-state index contributed by atoms with van der Waals surface area (Å²) in [6.07, 6.45) is 2.94. The summed E-state index contributed by atoms with van der Waals surface area (Å²) in [4.78, 5) is 23.6. The van der Waals surface area contributed by atoms with E-state index in [-0.39, 0.29) is 11.4 Å². The summed E-state index contributed by atoms with van der Waals surface area (Å²) >= 11 is 6.05. The molecule has 2 heterocycles. The fourth-order valence-electron chi connectivity index (χ4n) is 3.49. The first-order valence-corrected chi connectivity index (χ1v) is 13.3. The van der Waals surface area contributed by atoms with Crippen molar-refractivity contribution in [3.8, 4) is 0 Å². The van der Waals surface area contributed by atoms with E-state index in [0.29, 0.717) is 35.2 Å². The summed E-state index contributed by atoms with van der Waals surface area (Å²) in [6.45, 7) is 4.11. The normalized spacial score (nSPS) is 11.3. The highest BCUT2D eigenvalue weighted by molar-refractivity contribution is 7.91. The fraction of sp³-hybridized carbons (Fsp3) is 0.192. The van der Waals surface area contributed by atoms with Gasteiger partial charge in [0.15, 0.2) is 5.69 Å². The smallest absolute Gasteiger partial charge is 0.276 e. The number of sulfone groups is 1. The van der Waals surface area contributed by atoms with E-state index < -0.39 is 20.9 Å². The number of hydrogen-bond acceptors (Lipinski definition) is 7. The Balaban J connectivity index is 1.78. The van der Waals surface area contributed by atoms with Gasteiger partial charge in [0.2, 0.25) is 15.0 Å². The van der Waals surface area contributed by atoms with Gasteiger partial charge in [-0.15, -0.1) is 0 Å². The first kappa shape index (κ1) is 25.4. The van der Waals surface area contributed by atoms with Crippen molar-refractivity contribution in [2.24, 2.45) is 0 Å². The van der Waals surface area contributed by atoms with Crippen molar-refractivity contribution in [2.45, 2.75) is 32.1 Å². The van der Waals surface area contributed by atoms with Crippen LogP contribution >= 0.6 is 11.6 Å². The molecule has 0 saturated heterocycles. The quantitative estimate of drug-likeness (QED) is 0.297. The Morgan fingerprint density at radius 3 is 2.42 bits per heavy atom. The van der Waals surface area contributed by atoms with E-state index in [1.165, 1.54) is 13.1 Å². The van der Waals surface area contributed by atoms with Crippen molar-refractivity contribution in [2.75, 3.05) is 16.0 Å². The van der Waals surface area contributed by atoms with E-state index >= 15 is 0 Å². The van der Waals surface area contributed by atoms with Crippen molar-refractivity contribution in [3.63, 3.8) is 0 Å². The van der Waals surface area contributed by atoms with Crippen LogP contribution in [0, 0.1) is 6.92 Å². The van der Waals surface area contributed by atoms with Gasteiger partial charge in [-0.25, -0.2) is 18.4 Å². The first-order chi connectivity index (χ1) is 17.2. The van der Waals surface area contributed by atoms with E-state index in [2.05, 4.69) is 15.3 Å². The molecule has 2 aromatic heterocycles. The van der Waals surface area contributed by atoms with Crippen molar-refractivity contribution < 1.29 is 17.6 Å². The summed E-state index contributed by atoms with van der Waals surface area (Å²) in [7, 11) is -3.74. The van der Waals surface area contributed by atoms with E-state index in [1.807, 2.05) is 42.2 Å². The molecule has 186 valence electrons. The molecule has 0 unspecified atom stereocenters. The van der Waals surface area contributed by atoms with Gasteiger partial charge in [-0.2, -0.15) is 0 Å². The molecule has 4 aromatic rings. The van der Waals surface area contributed by atoms with Crippen LogP contribution in [0.5, 0.6) is 0 Å². The molecule has 0 saturated carbocycles. The maximum absolute atomic E-state index is 13.4. The van der Waals surface area contributed by atoms with E-state index in [1.54, 1.807) is 36.6 Å². The Morgan fingerprint density at radius 2 is 1.78 bits per heavy atom. The highest BCUT2D eigenvalue weighted by Gasteiger charge is 2.25. The number of aryl methyl sites for hydroxylation is 1. The zero-order valence-corrected chi connectivity index (χ0v) is 21.4. The average molecular weight is 525 g/mol. The molecule has 0 radical (unpaired) electrons. The molecule has 0 aliphatic rings. The molecular formula is C26H25ClN4O4S. The van der Waals surface area contributed by atoms with Crippen molar-refractivity contribution >= 4 is 38.7 Å². The number of anilines is 2. The minimum atomic E-state index is -3.74. The lowest BCUT2D eigenvalue weighted by Crippen LogP contribution is -2.27. The van der Waals surface area contributed by atoms with Crippen LogP contribution in [0.4, 0.5) is 11.4 Å². The van der Waals surface area contributed by atoms with Gasteiger partial charge in [-0.1, -0.05) is 48.4 Å². The topological polar surface area (TPSA) is 105 Å². The molecule has 1 amide bonds. The number of nitrogens with zero attached hydrogens (tertiary/aromatic N) is 3. The molecule has 2 aromatic carbocycles. The summed E-state index contributed by atoms with van der Waals surface area (Å²) < 4.78 is 30.6. The van der Waals surface area contributed by atoms with Gasteiger partial charge in [-0.3, -0.25) is 4.79 Å². The highest BCUT2D eigenvalue weighted by Crippen LogP contribution is 2.26. The molecule has 4 rings (SSSR count). The Bertz CT molecular complexity index is 1440. The van der Waals surface area contributed by atoms with Crippen LogP contribution in [0.1, 0.15) is 34.3 Å². The predicted molar refractivity (Wildman–Crippen MR) is 139 cm³/mol. The van der Waals surface area contributed by atoms with E-state index in [4.69, 9.17) is 16.0 Å². The number of amides is 1. The lowest BCUT2D eigenvalue weighted by Gasteiger charge is -2.25. The van der Waals surface area contributed by atoms with Gasteiger partial charge in [0.25, 0.3) is 5.91 Å². The number of carbonyl (C=O) groups excluding carboxylic acids is 1. The molecule has 0 fully saturated rings. The Morgan fingerprint density at radius 1 is 1.06 bits per heavy atom. The minimum Gasteiger partial charge on any atom is -0.467 e. The highest BCUT2D eigenvalue weighted by atomic mass is 35.5. The summed E-state index contributed by atoms with van der Waals surface area (Å²) in [5.41, 5.74) is 2.82. The largest absolute Gasteiger partial charge is 0.467 e. The van der Waals surface area contributed by atoms with Gasteiger partial charge in [0, 0.05) is 17.3 Å². The van der Waals surface area contributed by atoms with Crippen LogP contribution in [0.25, 0.3) is 0 Å².